The molecule has 0 aromatic carbocycles. The van der Waals surface area contributed by atoms with E-state index in [0.717, 1.165) is 38.5 Å². The normalized spacial score (nSPS) is 24.2. The predicted octanol–water partition coefficient (Wildman–Crippen LogP) is 3.83. The second kappa shape index (κ2) is 6.83. The van der Waals surface area contributed by atoms with E-state index in [1.807, 2.05) is 0 Å². The number of halogens is 1. The lowest BCUT2D eigenvalue weighted by Gasteiger charge is -2.08. The number of allylic oxidation sites excluding steroid dienone is 4. The van der Waals surface area contributed by atoms with Gasteiger partial charge in [0.15, 0.2) is 0 Å². The lowest BCUT2D eigenvalue weighted by molar-refractivity contribution is -0.115. The molecule has 0 saturated carbocycles. The SMILES string of the molecule is O=C(Cl)[C@@H]1CC=CCCC=CCCC1. The standard InChI is InChI=1S/C12H17ClO/c13-12(14)11-9-7-5-3-1-2-4-6-8-10-11/h1,3,6,8,11H,2,4-5,7,9-10H2/t11-/m0/s1. The summed E-state index contributed by atoms with van der Waals surface area (Å²) in [5.74, 6) is 0.0272. The summed E-state index contributed by atoms with van der Waals surface area (Å²) in [6, 6.07) is 0. The third-order valence-corrected chi connectivity index (χ3v) is 2.81. The molecular formula is C12H17ClO. The summed E-state index contributed by atoms with van der Waals surface area (Å²) in [4.78, 5) is 11.1. The van der Waals surface area contributed by atoms with Gasteiger partial charge >= 0.3 is 0 Å². The molecule has 0 saturated heterocycles. The van der Waals surface area contributed by atoms with Gasteiger partial charge in [-0.15, -0.1) is 0 Å². The highest BCUT2D eigenvalue weighted by Crippen LogP contribution is 2.18. The Morgan fingerprint density at radius 1 is 1.07 bits per heavy atom. The minimum atomic E-state index is -0.183. The van der Waals surface area contributed by atoms with Crippen LogP contribution in [0.1, 0.15) is 38.5 Å². The topological polar surface area (TPSA) is 17.1 Å². The molecule has 0 radical (unpaired) electrons. The van der Waals surface area contributed by atoms with Crippen molar-refractivity contribution in [3.8, 4) is 0 Å². The average molecular weight is 213 g/mol. The van der Waals surface area contributed by atoms with E-state index in [0.29, 0.717) is 0 Å². The molecule has 0 aromatic heterocycles. The minimum Gasteiger partial charge on any atom is -0.281 e. The zero-order valence-electron chi connectivity index (χ0n) is 8.42. The Kier molecular flexibility index (Phi) is 5.62. The summed E-state index contributed by atoms with van der Waals surface area (Å²) in [6.07, 6.45) is 14.7. The number of carbonyl (C=O) groups excluding carboxylic acids is 1. The van der Waals surface area contributed by atoms with Crippen LogP contribution in [0.5, 0.6) is 0 Å². The van der Waals surface area contributed by atoms with E-state index < -0.39 is 0 Å². The van der Waals surface area contributed by atoms with Gasteiger partial charge in [0.2, 0.25) is 5.24 Å². The van der Waals surface area contributed by atoms with Gasteiger partial charge in [-0.1, -0.05) is 24.3 Å². The van der Waals surface area contributed by atoms with Gasteiger partial charge in [-0.2, -0.15) is 0 Å². The van der Waals surface area contributed by atoms with E-state index in [1.54, 1.807) is 0 Å². The van der Waals surface area contributed by atoms with E-state index >= 15 is 0 Å². The lowest BCUT2D eigenvalue weighted by atomic mass is 9.99. The third-order valence-electron chi connectivity index (χ3n) is 2.50. The Morgan fingerprint density at radius 2 is 1.71 bits per heavy atom. The van der Waals surface area contributed by atoms with Crippen LogP contribution in [0.25, 0.3) is 0 Å². The first-order valence-corrected chi connectivity index (χ1v) is 5.68. The van der Waals surface area contributed by atoms with Crippen molar-refractivity contribution < 1.29 is 4.79 Å². The fourth-order valence-corrected chi connectivity index (χ4v) is 1.81. The van der Waals surface area contributed by atoms with Crippen molar-refractivity contribution in [1.82, 2.24) is 0 Å². The van der Waals surface area contributed by atoms with Gasteiger partial charge in [0, 0.05) is 5.92 Å². The van der Waals surface area contributed by atoms with Gasteiger partial charge in [0.25, 0.3) is 0 Å². The molecule has 1 rings (SSSR count). The van der Waals surface area contributed by atoms with Gasteiger partial charge in [-0.25, -0.2) is 0 Å². The fraction of sp³-hybridized carbons (Fsp3) is 0.583. The molecule has 0 N–H and O–H groups in total. The van der Waals surface area contributed by atoms with Crippen LogP contribution in [0.4, 0.5) is 0 Å². The Labute approximate surface area is 90.8 Å². The quantitative estimate of drug-likeness (QED) is 0.477. The molecule has 2 heteroatoms. The van der Waals surface area contributed by atoms with Crippen molar-refractivity contribution in [3.05, 3.63) is 24.3 Å². The molecule has 1 nitrogen and oxygen atoms in total. The van der Waals surface area contributed by atoms with Crippen LogP contribution in [0, 0.1) is 5.92 Å². The molecule has 14 heavy (non-hydrogen) atoms. The molecule has 1 atom stereocenters. The van der Waals surface area contributed by atoms with E-state index in [2.05, 4.69) is 24.3 Å². The van der Waals surface area contributed by atoms with Gasteiger partial charge in [-0.05, 0) is 50.1 Å². The number of carbonyl (C=O) groups is 1. The molecule has 78 valence electrons. The van der Waals surface area contributed by atoms with Crippen molar-refractivity contribution in [1.29, 1.82) is 0 Å². The summed E-state index contributed by atoms with van der Waals surface area (Å²) in [7, 11) is 0. The molecule has 0 aliphatic heterocycles. The van der Waals surface area contributed by atoms with E-state index in [4.69, 9.17) is 11.6 Å². The van der Waals surface area contributed by atoms with Crippen molar-refractivity contribution >= 4 is 16.8 Å². The summed E-state index contributed by atoms with van der Waals surface area (Å²) in [5, 5.41) is -0.183. The van der Waals surface area contributed by atoms with Gasteiger partial charge in [0.1, 0.15) is 0 Å². The van der Waals surface area contributed by atoms with Crippen LogP contribution in [0.2, 0.25) is 0 Å². The number of hydrogen-bond donors (Lipinski definition) is 0. The molecule has 0 heterocycles. The van der Waals surface area contributed by atoms with Crippen molar-refractivity contribution in [2.24, 2.45) is 5.92 Å². The van der Waals surface area contributed by atoms with Gasteiger partial charge in [0.05, 0.1) is 0 Å². The minimum absolute atomic E-state index is 0.0272. The Bertz CT molecular complexity index is 230. The Balaban J connectivity index is 2.48. The maximum Gasteiger partial charge on any atom is 0.225 e. The van der Waals surface area contributed by atoms with Crippen LogP contribution in [-0.2, 0) is 4.79 Å². The predicted molar refractivity (Wildman–Crippen MR) is 60.3 cm³/mol. The molecule has 0 fully saturated rings. The first-order valence-electron chi connectivity index (χ1n) is 5.30. The number of hydrogen-bond acceptors (Lipinski definition) is 1. The van der Waals surface area contributed by atoms with Crippen LogP contribution < -0.4 is 0 Å². The Hall–Kier alpha value is -0.560. The summed E-state index contributed by atoms with van der Waals surface area (Å²) >= 11 is 5.53. The van der Waals surface area contributed by atoms with E-state index in [-0.39, 0.29) is 11.2 Å². The zero-order valence-corrected chi connectivity index (χ0v) is 9.17. The molecule has 0 unspecified atom stereocenters. The highest BCUT2D eigenvalue weighted by molar-refractivity contribution is 6.63. The Morgan fingerprint density at radius 3 is 2.43 bits per heavy atom. The molecule has 1 aliphatic rings. The molecule has 0 bridgehead atoms. The van der Waals surface area contributed by atoms with E-state index in [9.17, 15) is 4.79 Å². The van der Waals surface area contributed by atoms with Crippen molar-refractivity contribution in [2.45, 2.75) is 38.5 Å². The van der Waals surface area contributed by atoms with Gasteiger partial charge in [-0.3, -0.25) is 4.79 Å². The average Bonchev–Trinajstić information content (AvgIpc) is 2.21. The highest BCUT2D eigenvalue weighted by atomic mass is 35.5. The van der Waals surface area contributed by atoms with Crippen LogP contribution in [-0.4, -0.2) is 5.24 Å². The monoisotopic (exact) mass is 212 g/mol. The third kappa shape index (κ3) is 4.61. The fourth-order valence-electron chi connectivity index (χ4n) is 1.61. The van der Waals surface area contributed by atoms with Gasteiger partial charge < -0.3 is 0 Å². The number of rotatable bonds is 1. The summed E-state index contributed by atoms with van der Waals surface area (Å²) < 4.78 is 0. The molecule has 0 spiro atoms. The summed E-state index contributed by atoms with van der Waals surface area (Å²) in [5.41, 5.74) is 0. The first kappa shape index (κ1) is 11.5. The second-order valence-electron chi connectivity index (χ2n) is 3.69. The largest absolute Gasteiger partial charge is 0.281 e. The second-order valence-corrected chi connectivity index (χ2v) is 4.06. The van der Waals surface area contributed by atoms with Crippen LogP contribution >= 0.6 is 11.6 Å². The zero-order chi connectivity index (χ0) is 10.2. The highest BCUT2D eigenvalue weighted by Gasteiger charge is 2.13. The van der Waals surface area contributed by atoms with Crippen molar-refractivity contribution in [2.75, 3.05) is 0 Å². The maximum atomic E-state index is 11.1. The van der Waals surface area contributed by atoms with Crippen molar-refractivity contribution in [3.63, 3.8) is 0 Å². The maximum absolute atomic E-state index is 11.1. The summed E-state index contributed by atoms with van der Waals surface area (Å²) in [6.45, 7) is 0. The lowest BCUT2D eigenvalue weighted by Crippen LogP contribution is -2.07. The molecule has 0 amide bonds. The van der Waals surface area contributed by atoms with Crippen LogP contribution in [0.3, 0.4) is 0 Å². The molecule has 1 aliphatic carbocycles. The molecular weight excluding hydrogens is 196 g/mol. The van der Waals surface area contributed by atoms with E-state index in [1.165, 1.54) is 0 Å². The first-order chi connectivity index (χ1) is 6.80. The van der Waals surface area contributed by atoms with Crippen LogP contribution in [0.15, 0.2) is 24.3 Å². The smallest absolute Gasteiger partial charge is 0.225 e. The molecule has 0 aromatic rings.